The Morgan fingerprint density at radius 3 is 2.52 bits per heavy atom. The summed E-state index contributed by atoms with van der Waals surface area (Å²) in [4.78, 5) is 27.8. The zero-order valence-electron chi connectivity index (χ0n) is 18.3. The van der Waals surface area contributed by atoms with Gasteiger partial charge in [0.2, 0.25) is 5.91 Å². The number of fused-ring (bicyclic) bond motifs is 1. The molecular formula is C25H24N4O2S2. The molecule has 0 aliphatic carbocycles. The molecule has 33 heavy (non-hydrogen) atoms. The second-order valence-corrected chi connectivity index (χ2v) is 9.61. The van der Waals surface area contributed by atoms with Crippen LogP contribution in [0.5, 0.6) is 5.75 Å². The molecule has 1 aliphatic heterocycles. The van der Waals surface area contributed by atoms with Gasteiger partial charge < -0.3 is 14.5 Å². The molecule has 5 rings (SSSR count). The van der Waals surface area contributed by atoms with E-state index in [0.29, 0.717) is 11.6 Å². The van der Waals surface area contributed by atoms with Crippen LogP contribution in [-0.4, -0.2) is 59.8 Å². The van der Waals surface area contributed by atoms with Gasteiger partial charge in [-0.3, -0.25) is 4.79 Å². The van der Waals surface area contributed by atoms with Crippen molar-refractivity contribution in [3.05, 3.63) is 66.0 Å². The first-order valence-electron chi connectivity index (χ1n) is 10.8. The summed E-state index contributed by atoms with van der Waals surface area (Å²) in [6, 6.07) is 20.1. The van der Waals surface area contributed by atoms with Crippen molar-refractivity contribution in [2.24, 2.45) is 0 Å². The van der Waals surface area contributed by atoms with Gasteiger partial charge in [-0.05, 0) is 41.8 Å². The zero-order chi connectivity index (χ0) is 22.6. The summed E-state index contributed by atoms with van der Waals surface area (Å²) in [5.74, 6) is 2.08. The van der Waals surface area contributed by atoms with Crippen molar-refractivity contribution in [2.45, 2.75) is 5.03 Å². The molecule has 1 saturated heterocycles. The Morgan fingerprint density at radius 2 is 1.79 bits per heavy atom. The first kappa shape index (κ1) is 21.7. The third kappa shape index (κ3) is 4.82. The Morgan fingerprint density at radius 1 is 1.00 bits per heavy atom. The number of aromatic nitrogens is 2. The van der Waals surface area contributed by atoms with Crippen LogP contribution in [0, 0.1) is 0 Å². The van der Waals surface area contributed by atoms with E-state index >= 15 is 0 Å². The summed E-state index contributed by atoms with van der Waals surface area (Å²) in [6.07, 6.45) is 0. The summed E-state index contributed by atoms with van der Waals surface area (Å²) in [7, 11) is 1.67. The lowest BCUT2D eigenvalue weighted by Crippen LogP contribution is -2.49. The average Bonchev–Trinajstić information content (AvgIpc) is 3.42. The molecule has 4 aromatic rings. The maximum absolute atomic E-state index is 13.0. The molecule has 2 aromatic heterocycles. The van der Waals surface area contributed by atoms with Crippen molar-refractivity contribution >= 4 is 45.6 Å². The number of amides is 1. The van der Waals surface area contributed by atoms with Gasteiger partial charge >= 0.3 is 0 Å². The first-order chi connectivity index (χ1) is 16.2. The molecule has 1 amide bonds. The lowest BCUT2D eigenvalue weighted by atomic mass is 10.2. The summed E-state index contributed by atoms with van der Waals surface area (Å²) in [5.41, 5.74) is 2.06. The van der Waals surface area contributed by atoms with Crippen LogP contribution in [-0.2, 0) is 4.79 Å². The van der Waals surface area contributed by atoms with Crippen molar-refractivity contribution in [1.29, 1.82) is 0 Å². The highest BCUT2D eigenvalue weighted by Crippen LogP contribution is 2.30. The Labute approximate surface area is 201 Å². The molecule has 168 valence electrons. The molecule has 6 nitrogen and oxygen atoms in total. The SMILES string of the molecule is COc1ccc(N2CCN(C(=O)CSc3nc(-c4cccs4)nc4ccccc34)CC2)cc1. The number of thioether (sulfide) groups is 1. The summed E-state index contributed by atoms with van der Waals surface area (Å²) in [5, 5.41) is 3.87. The third-order valence-corrected chi connectivity index (χ3v) is 7.55. The number of carbonyl (C=O) groups excluding carboxylic acids is 1. The molecule has 0 N–H and O–H groups in total. The van der Waals surface area contributed by atoms with E-state index in [0.717, 1.165) is 58.4 Å². The van der Waals surface area contributed by atoms with Gasteiger partial charge in [-0.2, -0.15) is 0 Å². The number of hydrogen-bond acceptors (Lipinski definition) is 7. The van der Waals surface area contributed by atoms with Crippen molar-refractivity contribution in [1.82, 2.24) is 14.9 Å². The number of carbonyl (C=O) groups is 1. The van der Waals surface area contributed by atoms with Gasteiger partial charge in [0.15, 0.2) is 5.82 Å². The lowest BCUT2D eigenvalue weighted by molar-refractivity contribution is -0.128. The zero-order valence-corrected chi connectivity index (χ0v) is 19.9. The minimum absolute atomic E-state index is 0.148. The predicted octanol–water partition coefficient (Wildman–Crippen LogP) is 4.81. The number of hydrogen-bond donors (Lipinski definition) is 0. The molecule has 0 atom stereocenters. The van der Waals surface area contributed by atoms with Crippen LogP contribution in [0.2, 0.25) is 0 Å². The fourth-order valence-corrected chi connectivity index (χ4v) is 5.48. The van der Waals surface area contributed by atoms with E-state index in [4.69, 9.17) is 14.7 Å². The molecule has 0 radical (unpaired) electrons. The topological polar surface area (TPSA) is 58.6 Å². The molecular weight excluding hydrogens is 452 g/mol. The third-order valence-electron chi connectivity index (χ3n) is 5.71. The minimum atomic E-state index is 0.148. The van der Waals surface area contributed by atoms with Crippen molar-refractivity contribution < 1.29 is 9.53 Å². The van der Waals surface area contributed by atoms with Gasteiger partial charge in [-0.1, -0.05) is 36.0 Å². The van der Waals surface area contributed by atoms with Gasteiger partial charge in [-0.25, -0.2) is 9.97 Å². The number of nitrogens with zero attached hydrogens (tertiary/aromatic N) is 4. The number of rotatable bonds is 6. The average molecular weight is 477 g/mol. The number of ether oxygens (including phenoxy) is 1. The molecule has 0 unspecified atom stereocenters. The van der Waals surface area contributed by atoms with Crippen molar-refractivity contribution in [2.75, 3.05) is 43.9 Å². The Bertz CT molecular complexity index is 1240. The summed E-state index contributed by atoms with van der Waals surface area (Å²) in [6.45, 7) is 3.08. The maximum Gasteiger partial charge on any atom is 0.233 e. The fraction of sp³-hybridized carbons (Fsp3) is 0.240. The largest absolute Gasteiger partial charge is 0.497 e. The van der Waals surface area contributed by atoms with Crippen LogP contribution < -0.4 is 9.64 Å². The van der Waals surface area contributed by atoms with Gasteiger partial charge in [0.1, 0.15) is 10.8 Å². The molecule has 0 spiro atoms. The van der Waals surface area contributed by atoms with Gasteiger partial charge in [0.05, 0.1) is 23.3 Å². The second-order valence-electron chi connectivity index (χ2n) is 7.70. The van der Waals surface area contributed by atoms with Crippen LogP contribution >= 0.6 is 23.1 Å². The van der Waals surface area contributed by atoms with Crippen LogP contribution in [0.3, 0.4) is 0 Å². The number of para-hydroxylation sites is 1. The molecule has 0 bridgehead atoms. The molecule has 8 heteroatoms. The molecule has 1 aliphatic rings. The quantitative estimate of drug-likeness (QED) is 0.294. The fourth-order valence-electron chi connectivity index (χ4n) is 3.90. The normalized spacial score (nSPS) is 14.0. The van der Waals surface area contributed by atoms with Crippen LogP contribution in [0.4, 0.5) is 5.69 Å². The molecule has 3 heterocycles. The van der Waals surface area contributed by atoms with Gasteiger partial charge in [0.25, 0.3) is 0 Å². The van der Waals surface area contributed by atoms with E-state index in [1.54, 1.807) is 18.4 Å². The number of anilines is 1. The van der Waals surface area contributed by atoms with E-state index in [9.17, 15) is 4.79 Å². The monoisotopic (exact) mass is 476 g/mol. The summed E-state index contributed by atoms with van der Waals surface area (Å²) < 4.78 is 5.24. The van der Waals surface area contributed by atoms with Crippen molar-refractivity contribution in [3.63, 3.8) is 0 Å². The molecule has 2 aromatic carbocycles. The number of thiophene rings is 1. The molecule has 0 saturated carbocycles. The smallest absolute Gasteiger partial charge is 0.233 e. The van der Waals surface area contributed by atoms with Gasteiger partial charge in [-0.15, -0.1) is 11.3 Å². The molecule has 1 fully saturated rings. The van der Waals surface area contributed by atoms with Crippen LogP contribution in [0.15, 0.2) is 71.1 Å². The van der Waals surface area contributed by atoms with Crippen molar-refractivity contribution in [3.8, 4) is 16.5 Å². The van der Waals surface area contributed by atoms with E-state index < -0.39 is 0 Å². The minimum Gasteiger partial charge on any atom is -0.497 e. The number of piperazine rings is 1. The number of benzene rings is 2. The maximum atomic E-state index is 13.0. The highest BCUT2D eigenvalue weighted by Gasteiger charge is 2.22. The summed E-state index contributed by atoms with van der Waals surface area (Å²) >= 11 is 3.12. The van der Waals surface area contributed by atoms with Crippen LogP contribution in [0.1, 0.15) is 0 Å². The predicted molar refractivity (Wildman–Crippen MR) is 135 cm³/mol. The van der Waals surface area contributed by atoms with E-state index in [-0.39, 0.29) is 5.91 Å². The Balaban J connectivity index is 1.24. The van der Waals surface area contributed by atoms with Crippen LogP contribution in [0.25, 0.3) is 21.6 Å². The first-order valence-corrected chi connectivity index (χ1v) is 12.7. The second kappa shape index (κ2) is 9.80. The van der Waals surface area contributed by atoms with E-state index in [2.05, 4.69) is 17.0 Å². The lowest BCUT2D eigenvalue weighted by Gasteiger charge is -2.36. The van der Waals surface area contributed by atoms with Gasteiger partial charge in [0, 0.05) is 37.3 Å². The highest BCUT2D eigenvalue weighted by molar-refractivity contribution is 8.00. The highest BCUT2D eigenvalue weighted by atomic mass is 32.2. The Kier molecular flexibility index (Phi) is 6.46. The Hall–Kier alpha value is -3.10. The number of methoxy groups -OCH3 is 1. The van der Waals surface area contributed by atoms with E-state index in [1.807, 2.05) is 58.8 Å². The standard InChI is InChI=1S/C25H24N4O2S2/c1-31-19-10-8-18(9-11-19)28-12-14-29(15-13-28)23(30)17-33-25-20-5-2-3-6-21(20)26-24(27-25)22-7-4-16-32-22/h2-11,16H,12-15,17H2,1H3. The van der Waals surface area contributed by atoms with E-state index in [1.165, 1.54) is 11.8 Å².